The maximum absolute atomic E-state index is 9.02. The van der Waals surface area contributed by atoms with E-state index in [1.807, 2.05) is 42.5 Å². The van der Waals surface area contributed by atoms with E-state index in [-0.39, 0.29) is 6.61 Å². The number of benzene rings is 2. The lowest BCUT2D eigenvalue weighted by atomic mass is 10.1. The molecule has 106 valence electrons. The first-order valence-electron chi connectivity index (χ1n) is 6.95. The summed E-state index contributed by atoms with van der Waals surface area (Å²) in [6, 6.07) is 15.8. The Hall–Kier alpha value is -2.00. The van der Waals surface area contributed by atoms with Gasteiger partial charge in [-0.25, -0.2) is 0 Å². The van der Waals surface area contributed by atoms with Crippen LogP contribution in [0.25, 0.3) is 0 Å². The first-order valence-corrected chi connectivity index (χ1v) is 6.95. The molecule has 0 saturated heterocycles. The van der Waals surface area contributed by atoms with Crippen LogP contribution in [0.1, 0.15) is 17.5 Å². The third-order valence-electron chi connectivity index (χ3n) is 3.17. The fraction of sp³-hybridized carbons (Fsp3) is 0.294. The molecule has 0 amide bonds. The van der Waals surface area contributed by atoms with Crippen molar-refractivity contribution in [2.45, 2.75) is 19.3 Å². The van der Waals surface area contributed by atoms with E-state index in [4.69, 9.17) is 15.6 Å². The van der Waals surface area contributed by atoms with Crippen LogP contribution in [0.15, 0.2) is 48.5 Å². The van der Waals surface area contributed by atoms with Crippen LogP contribution in [0.3, 0.4) is 0 Å². The molecule has 0 radical (unpaired) electrons. The topological polar surface area (TPSA) is 55.5 Å². The van der Waals surface area contributed by atoms with Crippen LogP contribution in [0, 0.1) is 0 Å². The standard InChI is InChI=1S/C17H21NO2/c18-16-8-3-5-14(13-16)6-4-12-20-17-9-2-1-7-15(17)10-11-19/h1-3,5,7-9,13,19H,4,6,10-12,18H2. The molecule has 0 aromatic heterocycles. The Labute approximate surface area is 120 Å². The summed E-state index contributed by atoms with van der Waals surface area (Å²) >= 11 is 0. The van der Waals surface area contributed by atoms with Gasteiger partial charge in [-0.3, -0.25) is 0 Å². The van der Waals surface area contributed by atoms with E-state index >= 15 is 0 Å². The Morgan fingerprint density at radius 3 is 2.65 bits per heavy atom. The van der Waals surface area contributed by atoms with E-state index in [0.717, 1.165) is 29.8 Å². The van der Waals surface area contributed by atoms with Crippen molar-refractivity contribution in [3.63, 3.8) is 0 Å². The van der Waals surface area contributed by atoms with Gasteiger partial charge in [0.1, 0.15) is 5.75 Å². The Bertz CT molecular complexity index is 540. The highest BCUT2D eigenvalue weighted by atomic mass is 16.5. The fourth-order valence-corrected chi connectivity index (χ4v) is 2.18. The molecule has 0 saturated carbocycles. The summed E-state index contributed by atoms with van der Waals surface area (Å²) in [7, 11) is 0. The number of ether oxygens (including phenoxy) is 1. The molecule has 0 unspecified atom stereocenters. The highest BCUT2D eigenvalue weighted by molar-refractivity contribution is 5.40. The average molecular weight is 271 g/mol. The maximum atomic E-state index is 9.02. The van der Waals surface area contributed by atoms with Crippen molar-refractivity contribution in [2.75, 3.05) is 18.9 Å². The van der Waals surface area contributed by atoms with Crippen molar-refractivity contribution in [1.29, 1.82) is 0 Å². The second-order valence-corrected chi connectivity index (χ2v) is 4.78. The molecule has 0 aliphatic carbocycles. The molecule has 0 atom stereocenters. The summed E-state index contributed by atoms with van der Waals surface area (Å²) in [4.78, 5) is 0. The number of aliphatic hydroxyl groups excluding tert-OH is 1. The zero-order valence-corrected chi connectivity index (χ0v) is 11.6. The number of anilines is 1. The minimum atomic E-state index is 0.143. The molecule has 3 nitrogen and oxygen atoms in total. The summed E-state index contributed by atoms with van der Waals surface area (Å²) < 4.78 is 5.80. The summed E-state index contributed by atoms with van der Waals surface area (Å²) in [5.41, 5.74) is 8.84. The van der Waals surface area contributed by atoms with Crippen molar-refractivity contribution < 1.29 is 9.84 Å². The summed E-state index contributed by atoms with van der Waals surface area (Å²) in [6.07, 6.45) is 2.52. The molecule has 2 aromatic carbocycles. The number of nitrogen functional groups attached to an aromatic ring is 1. The zero-order chi connectivity index (χ0) is 14.2. The van der Waals surface area contributed by atoms with Gasteiger partial charge in [0.2, 0.25) is 0 Å². The number of hydrogen-bond donors (Lipinski definition) is 2. The van der Waals surface area contributed by atoms with Crippen molar-refractivity contribution >= 4 is 5.69 Å². The molecule has 2 aromatic rings. The van der Waals surface area contributed by atoms with Gasteiger partial charge in [-0.2, -0.15) is 0 Å². The van der Waals surface area contributed by atoms with E-state index in [2.05, 4.69) is 6.07 Å². The van der Waals surface area contributed by atoms with Crippen LogP contribution >= 0.6 is 0 Å². The average Bonchev–Trinajstić information content (AvgIpc) is 2.46. The number of rotatable bonds is 7. The molecule has 0 aliphatic heterocycles. The van der Waals surface area contributed by atoms with Gasteiger partial charge in [0, 0.05) is 12.3 Å². The Kier molecular flexibility index (Phi) is 5.44. The third-order valence-corrected chi connectivity index (χ3v) is 3.17. The molecule has 0 heterocycles. The Balaban J connectivity index is 1.81. The quantitative estimate of drug-likeness (QED) is 0.601. The van der Waals surface area contributed by atoms with Gasteiger partial charge in [0.05, 0.1) is 6.61 Å². The summed E-state index contributed by atoms with van der Waals surface area (Å²) in [6.45, 7) is 0.806. The van der Waals surface area contributed by atoms with Crippen LogP contribution in [0.2, 0.25) is 0 Å². The van der Waals surface area contributed by atoms with Crippen molar-refractivity contribution in [3.05, 3.63) is 59.7 Å². The third kappa shape index (κ3) is 4.28. The molecule has 0 aliphatic rings. The van der Waals surface area contributed by atoms with Crippen molar-refractivity contribution in [2.24, 2.45) is 0 Å². The van der Waals surface area contributed by atoms with Gasteiger partial charge in [-0.1, -0.05) is 30.3 Å². The van der Waals surface area contributed by atoms with Crippen molar-refractivity contribution in [3.8, 4) is 5.75 Å². The van der Waals surface area contributed by atoms with E-state index in [9.17, 15) is 0 Å². The smallest absolute Gasteiger partial charge is 0.122 e. The first-order chi connectivity index (χ1) is 9.79. The molecule has 0 bridgehead atoms. The van der Waals surface area contributed by atoms with Crippen LogP contribution in [0.5, 0.6) is 5.75 Å². The van der Waals surface area contributed by atoms with E-state index < -0.39 is 0 Å². The fourth-order valence-electron chi connectivity index (χ4n) is 2.18. The van der Waals surface area contributed by atoms with Crippen LogP contribution in [-0.4, -0.2) is 18.3 Å². The second kappa shape index (κ2) is 7.56. The maximum Gasteiger partial charge on any atom is 0.122 e. The molecule has 3 N–H and O–H groups in total. The predicted molar refractivity (Wildman–Crippen MR) is 81.9 cm³/mol. The SMILES string of the molecule is Nc1cccc(CCCOc2ccccc2CCO)c1. The number of aliphatic hydroxyl groups is 1. The van der Waals surface area contributed by atoms with Gasteiger partial charge in [0.15, 0.2) is 0 Å². The summed E-state index contributed by atoms with van der Waals surface area (Å²) in [5.74, 6) is 0.870. The molecule has 0 fully saturated rings. The van der Waals surface area contributed by atoms with E-state index in [0.29, 0.717) is 13.0 Å². The largest absolute Gasteiger partial charge is 0.493 e. The second-order valence-electron chi connectivity index (χ2n) is 4.78. The molecule has 2 rings (SSSR count). The van der Waals surface area contributed by atoms with E-state index in [1.165, 1.54) is 5.56 Å². The lowest BCUT2D eigenvalue weighted by Crippen LogP contribution is -2.03. The minimum Gasteiger partial charge on any atom is -0.493 e. The molecule has 0 spiro atoms. The van der Waals surface area contributed by atoms with Crippen molar-refractivity contribution in [1.82, 2.24) is 0 Å². The van der Waals surface area contributed by atoms with Gasteiger partial charge < -0.3 is 15.6 Å². The molecular weight excluding hydrogens is 250 g/mol. The van der Waals surface area contributed by atoms with Crippen LogP contribution in [0.4, 0.5) is 5.69 Å². The highest BCUT2D eigenvalue weighted by Gasteiger charge is 2.02. The lowest BCUT2D eigenvalue weighted by molar-refractivity contribution is 0.286. The number of hydrogen-bond acceptors (Lipinski definition) is 3. The predicted octanol–water partition coefficient (Wildman–Crippen LogP) is 2.82. The molecule has 20 heavy (non-hydrogen) atoms. The van der Waals surface area contributed by atoms with Gasteiger partial charge >= 0.3 is 0 Å². The monoisotopic (exact) mass is 271 g/mol. The normalized spacial score (nSPS) is 10.4. The van der Waals surface area contributed by atoms with Crippen LogP contribution < -0.4 is 10.5 Å². The first kappa shape index (κ1) is 14.4. The van der Waals surface area contributed by atoms with Crippen LogP contribution in [-0.2, 0) is 12.8 Å². The van der Waals surface area contributed by atoms with E-state index in [1.54, 1.807) is 0 Å². The number of nitrogens with two attached hydrogens (primary N) is 1. The lowest BCUT2D eigenvalue weighted by Gasteiger charge is -2.10. The highest BCUT2D eigenvalue weighted by Crippen LogP contribution is 2.18. The van der Waals surface area contributed by atoms with Gasteiger partial charge in [-0.15, -0.1) is 0 Å². The van der Waals surface area contributed by atoms with Gasteiger partial charge in [-0.05, 0) is 48.6 Å². The Morgan fingerprint density at radius 2 is 1.85 bits per heavy atom. The zero-order valence-electron chi connectivity index (χ0n) is 11.6. The van der Waals surface area contributed by atoms with Gasteiger partial charge in [0.25, 0.3) is 0 Å². The molecule has 3 heteroatoms. The number of para-hydroxylation sites is 1. The summed E-state index contributed by atoms with van der Waals surface area (Å²) in [5, 5.41) is 9.02. The Morgan fingerprint density at radius 1 is 1.00 bits per heavy atom. The minimum absolute atomic E-state index is 0.143. The molecular formula is C17H21NO2. The number of aryl methyl sites for hydroxylation is 1.